The number of nitrogens with zero attached hydrogens (tertiary/aromatic N) is 5. The van der Waals surface area contributed by atoms with Crippen molar-refractivity contribution in [3.8, 4) is 23.1 Å². The summed E-state index contributed by atoms with van der Waals surface area (Å²) in [5.41, 5.74) is 5.00. The summed E-state index contributed by atoms with van der Waals surface area (Å²) in [7, 11) is 0. The second-order valence-corrected chi connectivity index (χ2v) is 8.46. The van der Waals surface area contributed by atoms with Gasteiger partial charge in [0.25, 0.3) is 0 Å². The predicted molar refractivity (Wildman–Crippen MR) is 134 cm³/mol. The van der Waals surface area contributed by atoms with Crippen molar-refractivity contribution in [2.45, 2.75) is 20.8 Å². The molecular weight excluding hydrogens is 422 g/mol. The lowest BCUT2D eigenvalue weighted by Gasteiger charge is -2.11. The second kappa shape index (κ2) is 7.85. The van der Waals surface area contributed by atoms with Gasteiger partial charge in [-0.15, -0.1) is 0 Å². The van der Waals surface area contributed by atoms with Crippen LogP contribution in [0.15, 0.2) is 85.1 Å². The van der Waals surface area contributed by atoms with E-state index in [0.717, 1.165) is 56.6 Å². The third kappa shape index (κ3) is 3.40. The smallest absolute Gasteiger partial charge is 0.157 e. The zero-order valence-electron chi connectivity index (χ0n) is 19.2. The van der Waals surface area contributed by atoms with E-state index in [1.54, 1.807) is 0 Å². The van der Waals surface area contributed by atoms with Crippen LogP contribution in [0.3, 0.4) is 0 Å². The summed E-state index contributed by atoms with van der Waals surface area (Å²) in [6.07, 6.45) is 1.82. The van der Waals surface area contributed by atoms with Crippen LogP contribution in [0.1, 0.15) is 17.1 Å². The number of pyridine rings is 2. The first-order valence-electron chi connectivity index (χ1n) is 11.2. The van der Waals surface area contributed by atoms with Crippen molar-refractivity contribution < 1.29 is 4.74 Å². The fourth-order valence-corrected chi connectivity index (χ4v) is 4.53. The van der Waals surface area contributed by atoms with Gasteiger partial charge in [0, 0.05) is 46.6 Å². The Labute approximate surface area is 197 Å². The average Bonchev–Trinajstić information content (AvgIpc) is 3.35. The minimum atomic E-state index is 0.718. The SMILES string of the molecule is Cc1cc(Oc2ccc3c4ccccc4n(-c4ccccn4)c3c2)cc(-n2nc(C)cc2C)n1. The fourth-order valence-electron chi connectivity index (χ4n) is 4.53. The van der Waals surface area contributed by atoms with E-state index in [-0.39, 0.29) is 0 Å². The van der Waals surface area contributed by atoms with Gasteiger partial charge in [0.2, 0.25) is 0 Å². The van der Waals surface area contributed by atoms with Crippen molar-refractivity contribution in [3.63, 3.8) is 0 Å². The summed E-state index contributed by atoms with van der Waals surface area (Å²) in [6.45, 7) is 5.96. The lowest BCUT2D eigenvalue weighted by Crippen LogP contribution is -2.03. The quantitative estimate of drug-likeness (QED) is 0.312. The van der Waals surface area contributed by atoms with Crippen molar-refractivity contribution in [1.82, 2.24) is 24.3 Å². The molecule has 6 heteroatoms. The zero-order valence-corrected chi connectivity index (χ0v) is 19.2. The van der Waals surface area contributed by atoms with Crippen LogP contribution < -0.4 is 4.74 Å². The average molecular weight is 446 g/mol. The molecule has 0 fully saturated rings. The molecule has 0 unspecified atom stereocenters. The Morgan fingerprint density at radius 3 is 2.29 bits per heavy atom. The van der Waals surface area contributed by atoms with Gasteiger partial charge in [-0.2, -0.15) is 5.10 Å². The van der Waals surface area contributed by atoms with Crippen molar-refractivity contribution in [2.75, 3.05) is 0 Å². The lowest BCUT2D eigenvalue weighted by atomic mass is 10.1. The molecule has 0 amide bonds. The van der Waals surface area contributed by atoms with Crippen LogP contribution in [0.25, 0.3) is 33.4 Å². The molecule has 2 aromatic carbocycles. The molecule has 0 N–H and O–H groups in total. The van der Waals surface area contributed by atoms with E-state index < -0.39 is 0 Å². The normalized spacial score (nSPS) is 11.4. The molecule has 0 saturated carbocycles. The molecule has 0 aliphatic rings. The molecule has 0 aliphatic carbocycles. The zero-order chi connectivity index (χ0) is 23.2. The Kier molecular flexibility index (Phi) is 4.66. The molecule has 0 radical (unpaired) electrons. The van der Waals surface area contributed by atoms with Gasteiger partial charge in [-0.3, -0.25) is 4.57 Å². The molecule has 0 bridgehead atoms. The van der Waals surface area contributed by atoms with Gasteiger partial charge < -0.3 is 4.74 Å². The summed E-state index contributed by atoms with van der Waals surface area (Å²) >= 11 is 0. The maximum atomic E-state index is 6.35. The van der Waals surface area contributed by atoms with Crippen LogP contribution in [0.4, 0.5) is 0 Å². The Bertz CT molecular complexity index is 1660. The maximum Gasteiger partial charge on any atom is 0.157 e. The third-order valence-electron chi connectivity index (χ3n) is 5.90. The Balaban J connectivity index is 1.47. The van der Waals surface area contributed by atoms with Gasteiger partial charge in [0.1, 0.15) is 17.3 Å². The van der Waals surface area contributed by atoms with Crippen LogP contribution in [0.2, 0.25) is 0 Å². The minimum Gasteiger partial charge on any atom is -0.457 e. The van der Waals surface area contributed by atoms with Crippen molar-refractivity contribution >= 4 is 21.8 Å². The Morgan fingerprint density at radius 1 is 0.676 bits per heavy atom. The largest absolute Gasteiger partial charge is 0.457 e. The number of fused-ring (bicyclic) bond motifs is 3. The molecular formula is C28H23N5O. The molecule has 4 aromatic heterocycles. The highest BCUT2D eigenvalue weighted by Gasteiger charge is 2.14. The highest BCUT2D eigenvalue weighted by Crippen LogP contribution is 2.35. The van der Waals surface area contributed by atoms with Gasteiger partial charge in [0.15, 0.2) is 5.82 Å². The van der Waals surface area contributed by atoms with Crippen molar-refractivity contribution in [2.24, 2.45) is 0 Å². The highest BCUT2D eigenvalue weighted by atomic mass is 16.5. The highest BCUT2D eigenvalue weighted by molar-refractivity contribution is 6.09. The molecule has 0 saturated heterocycles. The first-order chi connectivity index (χ1) is 16.6. The topological polar surface area (TPSA) is 57.8 Å². The number of benzene rings is 2. The van der Waals surface area contributed by atoms with E-state index >= 15 is 0 Å². The second-order valence-electron chi connectivity index (χ2n) is 8.46. The van der Waals surface area contributed by atoms with Crippen LogP contribution in [-0.4, -0.2) is 24.3 Å². The Hall–Kier alpha value is -4.45. The predicted octanol–water partition coefficient (Wildman–Crippen LogP) is 6.48. The third-order valence-corrected chi connectivity index (χ3v) is 5.90. The summed E-state index contributed by atoms with van der Waals surface area (Å²) < 4.78 is 10.4. The number of ether oxygens (including phenoxy) is 1. The standard InChI is InChI=1S/C28H23N5O/c1-18-15-22(17-28(30-18)33-20(3)14-19(2)31-33)34-21-11-12-24-23-8-4-5-9-25(23)32(26(24)16-21)27-10-6-7-13-29-27/h4-17H,1-3H3. The van der Waals surface area contributed by atoms with Crippen molar-refractivity contribution in [3.05, 3.63) is 102 Å². The number of hydrogen-bond donors (Lipinski definition) is 0. The summed E-state index contributed by atoms with van der Waals surface area (Å²) in [5.74, 6) is 3.08. The molecule has 6 aromatic rings. The van der Waals surface area contributed by atoms with Crippen LogP contribution in [0.5, 0.6) is 11.5 Å². The number of para-hydroxylation sites is 1. The summed E-state index contributed by atoms with van der Waals surface area (Å²) in [6, 6.07) is 26.4. The molecule has 166 valence electrons. The molecule has 4 heterocycles. The van der Waals surface area contributed by atoms with Crippen LogP contribution >= 0.6 is 0 Å². The van der Waals surface area contributed by atoms with Gasteiger partial charge >= 0.3 is 0 Å². The van der Waals surface area contributed by atoms with Crippen LogP contribution in [0, 0.1) is 20.8 Å². The number of rotatable bonds is 4. The first kappa shape index (κ1) is 20.2. The van der Waals surface area contributed by atoms with Gasteiger partial charge in [-0.1, -0.05) is 24.3 Å². The molecule has 6 nitrogen and oxygen atoms in total. The molecule has 0 aliphatic heterocycles. The van der Waals surface area contributed by atoms with Gasteiger partial charge in [0.05, 0.1) is 16.7 Å². The molecule has 34 heavy (non-hydrogen) atoms. The minimum absolute atomic E-state index is 0.718. The van der Waals surface area contributed by atoms with Gasteiger partial charge in [-0.05, 0) is 57.2 Å². The van der Waals surface area contributed by atoms with E-state index in [9.17, 15) is 0 Å². The van der Waals surface area contributed by atoms with E-state index in [0.29, 0.717) is 0 Å². The van der Waals surface area contributed by atoms with Crippen molar-refractivity contribution in [1.29, 1.82) is 0 Å². The number of hydrogen-bond acceptors (Lipinski definition) is 4. The van der Waals surface area contributed by atoms with E-state index in [4.69, 9.17) is 4.74 Å². The first-order valence-corrected chi connectivity index (χ1v) is 11.2. The van der Waals surface area contributed by atoms with E-state index in [2.05, 4.69) is 56.0 Å². The molecule has 0 atom stereocenters. The van der Waals surface area contributed by atoms with E-state index in [1.807, 2.05) is 74.1 Å². The molecule has 6 rings (SSSR count). The fraction of sp³-hybridized carbons (Fsp3) is 0.107. The van der Waals surface area contributed by atoms with E-state index in [1.165, 1.54) is 5.39 Å². The molecule has 0 spiro atoms. The lowest BCUT2D eigenvalue weighted by molar-refractivity contribution is 0.481. The van der Waals surface area contributed by atoms with Crippen LogP contribution in [-0.2, 0) is 0 Å². The monoisotopic (exact) mass is 445 g/mol. The summed E-state index contributed by atoms with van der Waals surface area (Å²) in [4.78, 5) is 9.27. The van der Waals surface area contributed by atoms with Gasteiger partial charge in [-0.25, -0.2) is 14.6 Å². The number of aryl methyl sites for hydroxylation is 3. The Morgan fingerprint density at radius 2 is 1.50 bits per heavy atom. The maximum absolute atomic E-state index is 6.35. The number of aromatic nitrogens is 5. The summed E-state index contributed by atoms with van der Waals surface area (Å²) in [5, 5.41) is 6.91.